The third kappa shape index (κ3) is 4.86. The van der Waals surface area contributed by atoms with Crippen molar-refractivity contribution in [2.45, 2.75) is 33.1 Å². The minimum absolute atomic E-state index is 0.0860. The molecule has 7 nitrogen and oxygen atoms in total. The lowest BCUT2D eigenvalue weighted by Crippen LogP contribution is -2.44. The second-order valence-corrected chi connectivity index (χ2v) is 9.55. The standard InChI is InChI=1S/C27H29ClN6O/c1-18-24-19(2)34(23-12-10-22(28)11-13-23)32-25(24)26(31-30-18)33-16-6-9-21(17-33)27(35)29-15-14-20-7-4-3-5-8-20/h3-5,7-8,10-13,21H,6,9,14-17H2,1-2H3,(H,29,35). The molecule has 0 bridgehead atoms. The van der Waals surface area contributed by atoms with E-state index in [1.54, 1.807) is 0 Å². The number of nitrogens with zero attached hydrogens (tertiary/aromatic N) is 5. The summed E-state index contributed by atoms with van der Waals surface area (Å²) in [5.41, 5.74) is 4.82. The lowest BCUT2D eigenvalue weighted by atomic mass is 9.97. The Kier molecular flexibility index (Phi) is 6.68. The third-order valence-corrected chi connectivity index (χ3v) is 6.96. The molecule has 0 radical (unpaired) electrons. The molecular formula is C27H29ClN6O. The average molecular weight is 489 g/mol. The molecule has 0 saturated carbocycles. The quantitative estimate of drug-likeness (QED) is 0.427. The summed E-state index contributed by atoms with van der Waals surface area (Å²) in [7, 11) is 0. The molecule has 1 aliphatic heterocycles. The molecule has 5 rings (SSSR count). The zero-order chi connectivity index (χ0) is 24.4. The molecule has 1 fully saturated rings. The van der Waals surface area contributed by atoms with Crippen LogP contribution in [-0.4, -0.2) is 45.5 Å². The molecule has 1 N–H and O–H groups in total. The van der Waals surface area contributed by atoms with Gasteiger partial charge in [-0.25, -0.2) is 4.68 Å². The zero-order valence-electron chi connectivity index (χ0n) is 20.0. The molecule has 3 heterocycles. The number of hydrogen-bond acceptors (Lipinski definition) is 5. The molecule has 4 aromatic rings. The van der Waals surface area contributed by atoms with E-state index < -0.39 is 0 Å². The van der Waals surface area contributed by atoms with Gasteiger partial charge in [0.15, 0.2) is 5.82 Å². The van der Waals surface area contributed by atoms with Crippen LogP contribution in [0.3, 0.4) is 0 Å². The van der Waals surface area contributed by atoms with Crippen molar-refractivity contribution in [2.24, 2.45) is 5.92 Å². The molecule has 2 aromatic heterocycles. The molecule has 1 atom stereocenters. The second-order valence-electron chi connectivity index (χ2n) is 9.12. The summed E-state index contributed by atoms with van der Waals surface area (Å²) >= 11 is 6.08. The van der Waals surface area contributed by atoms with Crippen molar-refractivity contribution in [3.63, 3.8) is 0 Å². The van der Waals surface area contributed by atoms with Crippen molar-refractivity contribution in [2.75, 3.05) is 24.5 Å². The van der Waals surface area contributed by atoms with Gasteiger partial charge in [0.1, 0.15) is 5.52 Å². The number of fused-ring (bicyclic) bond motifs is 1. The number of benzene rings is 2. The third-order valence-electron chi connectivity index (χ3n) is 6.70. The monoisotopic (exact) mass is 488 g/mol. The van der Waals surface area contributed by atoms with E-state index in [1.807, 2.05) is 61.0 Å². The summed E-state index contributed by atoms with van der Waals surface area (Å²) in [5.74, 6) is 0.755. The van der Waals surface area contributed by atoms with Gasteiger partial charge in [0.25, 0.3) is 0 Å². The number of nitrogens with one attached hydrogen (secondary N) is 1. The summed E-state index contributed by atoms with van der Waals surface area (Å²) in [4.78, 5) is 15.1. The van der Waals surface area contributed by atoms with Gasteiger partial charge in [-0.3, -0.25) is 4.79 Å². The fourth-order valence-corrected chi connectivity index (χ4v) is 4.99. The zero-order valence-corrected chi connectivity index (χ0v) is 20.8. The van der Waals surface area contributed by atoms with Crippen LogP contribution in [0.4, 0.5) is 5.82 Å². The molecule has 2 aromatic carbocycles. The van der Waals surface area contributed by atoms with Gasteiger partial charge in [-0.05, 0) is 62.9 Å². The van der Waals surface area contributed by atoms with Crippen LogP contribution in [0.15, 0.2) is 54.6 Å². The Balaban J connectivity index is 1.35. The van der Waals surface area contributed by atoms with Crippen molar-refractivity contribution in [3.8, 4) is 5.69 Å². The summed E-state index contributed by atoms with van der Waals surface area (Å²) in [6.07, 6.45) is 2.62. The maximum atomic E-state index is 12.9. The number of carbonyl (C=O) groups excluding carboxylic acids is 1. The van der Waals surface area contributed by atoms with Crippen LogP contribution in [0.25, 0.3) is 16.6 Å². The van der Waals surface area contributed by atoms with Gasteiger partial charge in [-0.15, -0.1) is 5.10 Å². The van der Waals surface area contributed by atoms with Crippen LogP contribution in [0, 0.1) is 19.8 Å². The Bertz CT molecular complexity index is 1340. The number of anilines is 1. The molecule has 1 unspecified atom stereocenters. The second kappa shape index (κ2) is 10.0. The highest BCUT2D eigenvalue weighted by atomic mass is 35.5. The van der Waals surface area contributed by atoms with E-state index in [2.05, 4.69) is 32.5 Å². The lowest BCUT2D eigenvalue weighted by Gasteiger charge is -2.32. The number of rotatable bonds is 6. The largest absolute Gasteiger partial charge is 0.355 e. The highest BCUT2D eigenvalue weighted by Gasteiger charge is 2.29. The van der Waals surface area contributed by atoms with Gasteiger partial charge in [-0.2, -0.15) is 10.2 Å². The molecule has 180 valence electrons. The van der Waals surface area contributed by atoms with Gasteiger partial charge in [0, 0.05) is 24.7 Å². The normalized spacial score (nSPS) is 16.0. The molecule has 1 amide bonds. The Morgan fingerprint density at radius 2 is 1.86 bits per heavy atom. The van der Waals surface area contributed by atoms with Crippen LogP contribution in [0.2, 0.25) is 5.02 Å². The van der Waals surface area contributed by atoms with Gasteiger partial charge >= 0.3 is 0 Å². The minimum atomic E-state index is -0.0860. The van der Waals surface area contributed by atoms with Crippen molar-refractivity contribution in [1.82, 2.24) is 25.3 Å². The average Bonchev–Trinajstić information content (AvgIpc) is 3.23. The van der Waals surface area contributed by atoms with E-state index >= 15 is 0 Å². The number of halogens is 1. The molecule has 0 aliphatic carbocycles. The molecule has 8 heteroatoms. The summed E-state index contributed by atoms with van der Waals surface area (Å²) in [5, 5.41) is 18.7. The lowest BCUT2D eigenvalue weighted by molar-refractivity contribution is -0.125. The highest BCUT2D eigenvalue weighted by Crippen LogP contribution is 2.31. The first-order valence-electron chi connectivity index (χ1n) is 12.1. The van der Waals surface area contributed by atoms with Crippen molar-refractivity contribution >= 4 is 34.2 Å². The summed E-state index contributed by atoms with van der Waals surface area (Å²) < 4.78 is 1.92. The van der Waals surface area contributed by atoms with E-state index in [4.69, 9.17) is 16.7 Å². The Hall–Kier alpha value is -3.45. The number of hydrogen-bond donors (Lipinski definition) is 1. The van der Waals surface area contributed by atoms with E-state index in [0.717, 1.165) is 59.6 Å². The van der Waals surface area contributed by atoms with Crippen molar-refractivity contribution in [3.05, 3.63) is 76.6 Å². The molecule has 35 heavy (non-hydrogen) atoms. The van der Waals surface area contributed by atoms with Gasteiger partial charge in [-0.1, -0.05) is 41.9 Å². The number of amides is 1. The van der Waals surface area contributed by atoms with E-state index in [1.165, 1.54) is 5.56 Å². The van der Waals surface area contributed by atoms with Crippen LogP contribution in [0.1, 0.15) is 29.8 Å². The number of aryl methyl sites for hydroxylation is 2. The SMILES string of the molecule is Cc1nnc(N2CCCC(C(=O)NCCc3ccccc3)C2)c2nn(-c3ccc(Cl)cc3)c(C)c12. The maximum Gasteiger partial charge on any atom is 0.224 e. The van der Waals surface area contributed by atoms with E-state index in [0.29, 0.717) is 18.1 Å². The van der Waals surface area contributed by atoms with E-state index in [9.17, 15) is 4.79 Å². The van der Waals surface area contributed by atoms with E-state index in [-0.39, 0.29) is 11.8 Å². The Morgan fingerprint density at radius 3 is 2.63 bits per heavy atom. The molecule has 1 saturated heterocycles. The van der Waals surface area contributed by atoms with Crippen LogP contribution >= 0.6 is 11.6 Å². The molecule has 0 spiro atoms. The fourth-order valence-electron chi connectivity index (χ4n) is 4.86. The predicted octanol–water partition coefficient (Wildman–Crippen LogP) is 4.66. The van der Waals surface area contributed by atoms with Gasteiger partial charge in [0.2, 0.25) is 5.91 Å². The van der Waals surface area contributed by atoms with Gasteiger partial charge in [0.05, 0.1) is 28.4 Å². The number of aromatic nitrogens is 4. The fraction of sp³-hybridized carbons (Fsp3) is 0.333. The number of piperidine rings is 1. The summed E-state index contributed by atoms with van der Waals surface area (Å²) in [6.45, 7) is 6.07. The van der Waals surface area contributed by atoms with Crippen LogP contribution < -0.4 is 10.2 Å². The first kappa shape index (κ1) is 23.3. The van der Waals surface area contributed by atoms with Crippen molar-refractivity contribution in [1.29, 1.82) is 0 Å². The maximum absolute atomic E-state index is 12.9. The topological polar surface area (TPSA) is 75.9 Å². The van der Waals surface area contributed by atoms with Crippen LogP contribution in [-0.2, 0) is 11.2 Å². The Labute approximate surface area is 210 Å². The molecular weight excluding hydrogens is 460 g/mol. The highest BCUT2D eigenvalue weighted by molar-refractivity contribution is 6.30. The Morgan fingerprint density at radius 1 is 1.09 bits per heavy atom. The predicted molar refractivity (Wildman–Crippen MR) is 139 cm³/mol. The number of carbonyl (C=O) groups is 1. The minimum Gasteiger partial charge on any atom is -0.355 e. The van der Waals surface area contributed by atoms with Crippen molar-refractivity contribution < 1.29 is 4.79 Å². The first-order chi connectivity index (χ1) is 17.0. The smallest absolute Gasteiger partial charge is 0.224 e. The van der Waals surface area contributed by atoms with Crippen LogP contribution in [0.5, 0.6) is 0 Å². The molecule has 1 aliphatic rings. The van der Waals surface area contributed by atoms with Gasteiger partial charge < -0.3 is 10.2 Å². The first-order valence-corrected chi connectivity index (χ1v) is 12.4. The summed E-state index contributed by atoms with van der Waals surface area (Å²) in [6, 6.07) is 17.8.